The highest BCUT2D eigenvalue weighted by molar-refractivity contribution is 6.34. The fourth-order valence-corrected chi connectivity index (χ4v) is 1.91. The maximum Gasteiger partial charge on any atom is 0.326 e. The first-order valence-electron chi connectivity index (χ1n) is 5.72. The standard InChI is InChI=1S/C12H14Cl2N2O3/c1-3-6(2)9(12(18)19)16-11(17)7-4-5-8(13)15-10(7)14/h4-6,9H,3H2,1-2H3,(H,16,17)(H,18,19)/t6-,9-/m0/s1. The van der Waals surface area contributed by atoms with Gasteiger partial charge < -0.3 is 10.4 Å². The summed E-state index contributed by atoms with van der Waals surface area (Å²) in [6.45, 7) is 3.60. The minimum atomic E-state index is -1.08. The van der Waals surface area contributed by atoms with Gasteiger partial charge in [-0.05, 0) is 18.1 Å². The summed E-state index contributed by atoms with van der Waals surface area (Å²) in [6, 6.07) is 1.86. The number of pyridine rings is 1. The van der Waals surface area contributed by atoms with E-state index in [4.69, 9.17) is 28.3 Å². The number of halogens is 2. The van der Waals surface area contributed by atoms with Gasteiger partial charge in [-0.15, -0.1) is 0 Å². The Kier molecular flexibility index (Phi) is 5.57. The van der Waals surface area contributed by atoms with Crippen LogP contribution >= 0.6 is 23.2 Å². The SMILES string of the molecule is CC[C@H](C)[C@H](NC(=O)c1ccc(Cl)nc1Cl)C(=O)O. The third kappa shape index (κ3) is 4.08. The number of carboxylic acids is 1. The van der Waals surface area contributed by atoms with Crippen LogP contribution in [0, 0.1) is 5.92 Å². The zero-order valence-electron chi connectivity index (χ0n) is 10.5. The smallest absolute Gasteiger partial charge is 0.326 e. The van der Waals surface area contributed by atoms with Crippen LogP contribution < -0.4 is 5.32 Å². The summed E-state index contributed by atoms with van der Waals surface area (Å²) < 4.78 is 0. The summed E-state index contributed by atoms with van der Waals surface area (Å²) in [4.78, 5) is 26.8. The van der Waals surface area contributed by atoms with Crippen molar-refractivity contribution in [2.45, 2.75) is 26.3 Å². The lowest BCUT2D eigenvalue weighted by Crippen LogP contribution is -2.45. The molecule has 0 saturated heterocycles. The fraction of sp³-hybridized carbons (Fsp3) is 0.417. The lowest BCUT2D eigenvalue weighted by Gasteiger charge is -2.20. The van der Waals surface area contributed by atoms with Crippen LogP contribution in [0.15, 0.2) is 12.1 Å². The number of carboxylic acid groups (broad SMARTS) is 1. The van der Waals surface area contributed by atoms with E-state index in [9.17, 15) is 9.59 Å². The summed E-state index contributed by atoms with van der Waals surface area (Å²) in [5.74, 6) is -1.86. The van der Waals surface area contributed by atoms with Crippen LogP contribution in [-0.2, 0) is 4.79 Å². The highest BCUT2D eigenvalue weighted by Gasteiger charge is 2.26. The van der Waals surface area contributed by atoms with Crippen molar-refractivity contribution in [3.8, 4) is 0 Å². The first-order chi connectivity index (χ1) is 8.86. The van der Waals surface area contributed by atoms with E-state index in [1.807, 2.05) is 6.92 Å². The third-order valence-electron chi connectivity index (χ3n) is 2.83. The van der Waals surface area contributed by atoms with Crippen LogP contribution in [-0.4, -0.2) is 28.0 Å². The molecule has 0 aliphatic rings. The molecule has 0 bridgehead atoms. The average molecular weight is 305 g/mol. The normalized spacial score (nSPS) is 13.7. The molecule has 0 unspecified atom stereocenters. The van der Waals surface area contributed by atoms with E-state index in [1.165, 1.54) is 12.1 Å². The average Bonchev–Trinajstić information content (AvgIpc) is 2.34. The number of nitrogens with one attached hydrogen (secondary N) is 1. The molecule has 1 aromatic heterocycles. The van der Waals surface area contributed by atoms with Crippen molar-refractivity contribution in [3.05, 3.63) is 28.0 Å². The molecule has 0 saturated carbocycles. The topological polar surface area (TPSA) is 79.3 Å². The van der Waals surface area contributed by atoms with Crippen LogP contribution in [0.1, 0.15) is 30.6 Å². The zero-order chi connectivity index (χ0) is 14.6. The molecule has 7 heteroatoms. The van der Waals surface area contributed by atoms with Gasteiger partial charge in [0.05, 0.1) is 5.56 Å². The van der Waals surface area contributed by atoms with Gasteiger partial charge >= 0.3 is 5.97 Å². The molecule has 104 valence electrons. The second kappa shape index (κ2) is 6.73. The number of aromatic nitrogens is 1. The lowest BCUT2D eigenvalue weighted by atomic mass is 9.99. The molecule has 0 aliphatic carbocycles. The van der Waals surface area contributed by atoms with Crippen LogP contribution in [0.25, 0.3) is 0 Å². The molecule has 0 fully saturated rings. The van der Waals surface area contributed by atoms with Crippen molar-refractivity contribution in [3.63, 3.8) is 0 Å². The Morgan fingerprint density at radius 2 is 2.05 bits per heavy atom. The minimum absolute atomic E-state index is 0.0571. The molecular weight excluding hydrogens is 291 g/mol. The number of hydrogen-bond donors (Lipinski definition) is 2. The van der Waals surface area contributed by atoms with Crippen molar-refractivity contribution < 1.29 is 14.7 Å². The highest BCUT2D eigenvalue weighted by Crippen LogP contribution is 2.17. The molecular formula is C12H14Cl2N2O3. The van der Waals surface area contributed by atoms with Crippen LogP contribution in [0.4, 0.5) is 0 Å². The number of amides is 1. The number of carbonyl (C=O) groups is 2. The number of nitrogens with zero attached hydrogens (tertiary/aromatic N) is 1. The zero-order valence-corrected chi connectivity index (χ0v) is 12.0. The molecule has 1 heterocycles. The van der Waals surface area contributed by atoms with E-state index in [0.29, 0.717) is 6.42 Å². The van der Waals surface area contributed by atoms with Crippen LogP contribution in [0.5, 0.6) is 0 Å². The van der Waals surface area contributed by atoms with Crippen molar-refractivity contribution in [1.82, 2.24) is 10.3 Å². The van der Waals surface area contributed by atoms with Gasteiger partial charge in [-0.25, -0.2) is 9.78 Å². The lowest BCUT2D eigenvalue weighted by molar-refractivity contribution is -0.140. The predicted molar refractivity (Wildman–Crippen MR) is 72.6 cm³/mol. The molecule has 19 heavy (non-hydrogen) atoms. The van der Waals surface area contributed by atoms with E-state index < -0.39 is 17.9 Å². The molecule has 0 radical (unpaired) electrons. The van der Waals surface area contributed by atoms with Gasteiger partial charge in [0, 0.05) is 0 Å². The fourth-order valence-electron chi connectivity index (χ4n) is 1.48. The first kappa shape index (κ1) is 15.7. The van der Waals surface area contributed by atoms with E-state index in [1.54, 1.807) is 6.92 Å². The van der Waals surface area contributed by atoms with E-state index in [-0.39, 0.29) is 21.8 Å². The Labute approximate surface area is 120 Å². The molecule has 5 nitrogen and oxygen atoms in total. The number of rotatable bonds is 5. The minimum Gasteiger partial charge on any atom is -0.480 e. The van der Waals surface area contributed by atoms with Gasteiger partial charge in [0.15, 0.2) is 0 Å². The summed E-state index contributed by atoms with van der Waals surface area (Å²) in [7, 11) is 0. The molecule has 1 aromatic rings. The van der Waals surface area contributed by atoms with Gasteiger partial charge in [0.25, 0.3) is 5.91 Å². The molecule has 0 spiro atoms. The Morgan fingerprint density at radius 1 is 1.42 bits per heavy atom. The summed E-state index contributed by atoms with van der Waals surface area (Å²) in [6.07, 6.45) is 0.629. The largest absolute Gasteiger partial charge is 0.480 e. The molecule has 1 rings (SSSR count). The van der Waals surface area contributed by atoms with Gasteiger partial charge in [0.2, 0.25) is 0 Å². The molecule has 2 atom stereocenters. The van der Waals surface area contributed by atoms with Gasteiger partial charge in [0.1, 0.15) is 16.3 Å². The molecule has 0 aromatic carbocycles. The van der Waals surface area contributed by atoms with Gasteiger partial charge in [-0.2, -0.15) is 0 Å². The molecule has 0 aliphatic heterocycles. The summed E-state index contributed by atoms with van der Waals surface area (Å²) in [5.41, 5.74) is 0.0978. The highest BCUT2D eigenvalue weighted by atomic mass is 35.5. The second-order valence-electron chi connectivity index (χ2n) is 4.15. The van der Waals surface area contributed by atoms with E-state index in [0.717, 1.165) is 0 Å². The summed E-state index contributed by atoms with van der Waals surface area (Å²) >= 11 is 11.4. The van der Waals surface area contributed by atoms with Crippen molar-refractivity contribution >= 4 is 35.1 Å². The maximum atomic E-state index is 12.0. The third-order valence-corrected chi connectivity index (χ3v) is 3.32. The summed E-state index contributed by atoms with van der Waals surface area (Å²) in [5, 5.41) is 11.6. The first-order valence-corrected chi connectivity index (χ1v) is 6.48. The van der Waals surface area contributed by atoms with Crippen LogP contribution in [0.3, 0.4) is 0 Å². The molecule has 1 amide bonds. The van der Waals surface area contributed by atoms with Crippen molar-refractivity contribution in [2.24, 2.45) is 5.92 Å². The Balaban J connectivity index is 2.91. The quantitative estimate of drug-likeness (QED) is 0.820. The van der Waals surface area contributed by atoms with E-state index in [2.05, 4.69) is 10.3 Å². The Hall–Kier alpha value is -1.33. The van der Waals surface area contributed by atoms with Gasteiger partial charge in [-0.1, -0.05) is 43.5 Å². The monoisotopic (exact) mass is 304 g/mol. The second-order valence-corrected chi connectivity index (χ2v) is 4.89. The van der Waals surface area contributed by atoms with E-state index >= 15 is 0 Å². The Morgan fingerprint density at radius 3 is 2.53 bits per heavy atom. The maximum absolute atomic E-state index is 12.0. The molecule has 2 N–H and O–H groups in total. The van der Waals surface area contributed by atoms with Gasteiger partial charge in [-0.3, -0.25) is 4.79 Å². The van der Waals surface area contributed by atoms with Crippen molar-refractivity contribution in [1.29, 1.82) is 0 Å². The predicted octanol–water partition coefficient (Wildman–Crippen LogP) is 2.62. The number of carbonyl (C=O) groups excluding carboxylic acids is 1. The number of aliphatic carboxylic acids is 1. The number of hydrogen-bond acceptors (Lipinski definition) is 3. The van der Waals surface area contributed by atoms with Crippen LogP contribution in [0.2, 0.25) is 10.3 Å². The Bertz CT molecular complexity index is 494. The van der Waals surface area contributed by atoms with Crippen molar-refractivity contribution in [2.75, 3.05) is 0 Å².